The summed E-state index contributed by atoms with van der Waals surface area (Å²) in [4.78, 5) is 20.3. The van der Waals surface area contributed by atoms with Crippen molar-refractivity contribution in [3.05, 3.63) is 66.0 Å². The summed E-state index contributed by atoms with van der Waals surface area (Å²) in [5.74, 6) is 0.694. The van der Waals surface area contributed by atoms with Gasteiger partial charge in [0.2, 0.25) is 0 Å². The van der Waals surface area contributed by atoms with Gasteiger partial charge in [-0.25, -0.2) is 24.5 Å². The lowest BCUT2D eigenvalue weighted by atomic mass is 9.98. The van der Waals surface area contributed by atoms with Crippen molar-refractivity contribution >= 4 is 34.2 Å². The summed E-state index contributed by atoms with van der Waals surface area (Å²) in [6, 6.07) is 12.0. The number of H-pyrrole nitrogens is 1. The van der Waals surface area contributed by atoms with E-state index in [0.29, 0.717) is 22.3 Å². The zero-order valence-corrected chi connectivity index (χ0v) is 16.3. The second-order valence-electron chi connectivity index (χ2n) is 6.59. The van der Waals surface area contributed by atoms with E-state index < -0.39 is 0 Å². The Kier molecular flexibility index (Phi) is 4.33. The molecule has 0 amide bonds. The molecule has 2 N–H and O–H groups in total. The zero-order chi connectivity index (χ0) is 19.8. The molecule has 0 fully saturated rings. The van der Waals surface area contributed by atoms with Crippen molar-refractivity contribution in [2.75, 3.05) is 5.32 Å². The highest BCUT2D eigenvalue weighted by Crippen LogP contribution is 2.32. The van der Waals surface area contributed by atoms with E-state index in [9.17, 15) is 0 Å². The van der Waals surface area contributed by atoms with E-state index in [4.69, 9.17) is 16.7 Å². The summed E-state index contributed by atoms with van der Waals surface area (Å²) in [5.41, 5.74) is 4.94. The van der Waals surface area contributed by atoms with Crippen LogP contribution in [0.5, 0.6) is 0 Å². The van der Waals surface area contributed by atoms with E-state index in [0.717, 1.165) is 28.8 Å². The van der Waals surface area contributed by atoms with Crippen LogP contribution < -0.4 is 5.32 Å². The van der Waals surface area contributed by atoms with Crippen LogP contribution in [-0.2, 0) is 0 Å². The highest BCUT2D eigenvalue weighted by molar-refractivity contribution is 6.29. The summed E-state index contributed by atoms with van der Waals surface area (Å²) in [7, 11) is 0. The molecule has 0 radical (unpaired) electrons. The number of halogens is 1. The first-order chi connectivity index (χ1) is 14.2. The van der Waals surface area contributed by atoms with E-state index >= 15 is 0 Å². The van der Waals surface area contributed by atoms with E-state index in [2.05, 4.69) is 37.2 Å². The molecule has 0 spiro atoms. The Balaban J connectivity index is 1.66. The van der Waals surface area contributed by atoms with E-state index in [1.54, 1.807) is 17.0 Å². The van der Waals surface area contributed by atoms with Crippen molar-refractivity contribution in [1.82, 2.24) is 34.5 Å². The zero-order valence-electron chi connectivity index (χ0n) is 15.5. The van der Waals surface area contributed by atoms with Gasteiger partial charge in [-0.05, 0) is 12.5 Å². The third-order valence-electron chi connectivity index (χ3n) is 4.85. The minimum absolute atomic E-state index is 0.0559. The maximum absolute atomic E-state index is 6.27. The number of hydrogen-bond donors (Lipinski definition) is 2. The normalized spacial score (nSPS) is 12.5. The number of imidazole rings is 2. The molecule has 1 atom stereocenters. The van der Waals surface area contributed by atoms with Gasteiger partial charge in [-0.2, -0.15) is 5.10 Å². The highest BCUT2D eigenvalue weighted by Gasteiger charge is 2.20. The molecule has 0 bridgehead atoms. The Bertz CT molecular complexity index is 1290. The molecule has 0 aliphatic rings. The number of nitrogens with zero attached hydrogens (tertiary/aromatic N) is 6. The van der Waals surface area contributed by atoms with Crippen LogP contribution in [0, 0.1) is 0 Å². The van der Waals surface area contributed by atoms with Crippen molar-refractivity contribution in [2.24, 2.45) is 0 Å². The van der Waals surface area contributed by atoms with Crippen LogP contribution in [0.2, 0.25) is 5.15 Å². The van der Waals surface area contributed by atoms with Crippen LogP contribution in [0.3, 0.4) is 0 Å². The molecule has 29 heavy (non-hydrogen) atoms. The fraction of sp³-hybridized carbons (Fsp3) is 0.150. The molecule has 8 nitrogen and oxygen atoms in total. The van der Waals surface area contributed by atoms with Gasteiger partial charge in [0.25, 0.3) is 0 Å². The van der Waals surface area contributed by atoms with Crippen LogP contribution in [0.25, 0.3) is 28.1 Å². The fourth-order valence-corrected chi connectivity index (χ4v) is 3.60. The molecule has 0 aliphatic carbocycles. The topological polar surface area (TPSA) is 96.7 Å². The molecule has 9 heteroatoms. The molecule has 5 aromatic rings. The Labute approximate surface area is 171 Å². The Hall–Kier alpha value is -3.52. The predicted molar refractivity (Wildman–Crippen MR) is 112 cm³/mol. The summed E-state index contributed by atoms with van der Waals surface area (Å²) in [6.07, 6.45) is 5.54. The maximum Gasteiger partial charge on any atom is 0.182 e. The number of aromatic amines is 1. The fourth-order valence-electron chi connectivity index (χ4n) is 3.43. The van der Waals surface area contributed by atoms with E-state index in [-0.39, 0.29) is 6.04 Å². The first-order valence-electron chi connectivity index (χ1n) is 9.25. The molecule has 4 heterocycles. The van der Waals surface area contributed by atoms with Crippen LogP contribution >= 0.6 is 11.6 Å². The molecule has 0 aliphatic heterocycles. The number of nitrogens with one attached hydrogen (secondary N) is 2. The van der Waals surface area contributed by atoms with Gasteiger partial charge >= 0.3 is 0 Å². The van der Waals surface area contributed by atoms with Crippen LogP contribution in [0.4, 0.5) is 5.82 Å². The van der Waals surface area contributed by atoms with Crippen LogP contribution in [0.1, 0.15) is 24.9 Å². The molecule has 0 saturated carbocycles. The van der Waals surface area contributed by atoms with Crippen molar-refractivity contribution in [2.45, 2.75) is 19.4 Å². The predicted octanol–water partition coefficient (Wildman–Crippen LogP) is 4.28. The van der Waals surface area contributed by atoms with Gasteiger partial charge in [0.05, 0.1) is 24.3 Å². The second kappa shape index (κ2) is 7.14. The second-order valence-corrected chi connectivity index (χ2v) is 6.98. The minimum Gasteiger partial charge on any atom is -0.361 e. The van der Waals surface area contributed by atoms with Crippen molar-refractivity contribution in [3.8, 4) is 11.3 Å². The average Bonchev–Trinajstić information content (AvgIpc) is 3.39. The number of benzene rings is 1. The quantitative estimate of drug-likeness (QED) is 0.454. The number of anilines is 1. The van der Waals surface area contributed by atoms with Gasteiger partial charge in [-0.15, -0.1) is 0 Å². The van der Waals surface area contributed by atoms with Crippen molar-refractivity contribution in [3.63, 3.8) is 0 Å². The van der Waals surface area contributed by atoms with Crippen molar-refractivity contribution in [1.29, 1.82) is 0 Å². The lowest BCUT2D eigenvalue weighted by Gasteiger charge is -2.21. The van der Waals surface area contributed by atoms with E-state index in [1.807, 2.05) is 36.4 Å². The van der Waals surface area contributed by atoms with Crippen LogP contribution in [0.15, 0.2) is 55.2 Å². The summed E-state index contributed by atoms with van der Waals surface area (Å²) in [6.45, 7) is 2.11. The third-order valence-corrected chi connectivity index (χ3v) is 5.10. The molecule has 0 saturated heterocycles. The molecule has 0 unspecified atom stereocenters. The van der Waals surface area contributed by atoms with E-state index in [1.165, 1.54) is 6.33 Å². The molecular formula is C20H17ClN8. The molecule has 4 aromatic heterocycles. The Morgan fingerprint density at radius 1 is 1.14 bits per heavy atom. The maximum atomic E-state index is 6.27. The molecule has 144 valence electrons. The number of aromatic nitrogens is 7. The number of hydrogen-bond acceptors (Lipinski definition) is 6. The monoisotopic (exact) mass is 404 g/mol. The third kappa shape index (κ3) is 3.07. The number of fused-ring (bicyclic) bond motifs is 2. The number of rotatable bonds is 5. The van der Waals surface area contributed by atoms with Gasteiger partial charge in [0.15, 0.2) is 22.3 Å². The molecule has 1 aromatic carbocycles. The summed E-state index contributed by atoms with van der Waals surface area (Å²) >= 11 is 6.27. The average molecular weight is 405 g/mol. The van der Waals surface area contributed by atoms with Gasteiger partial charge in [0, 0.05) is 11.1 Å². The van der Waals surface area contributed by atoms with Gasteiger partial charge in [0.1, 0.15) is 11.8 Å². The first-order valence-corrected chi connectivity index (χ1v) is 9.62. The van der Waals surface area contributed by atoms with Gasteiger partial charge < -0.3 is 10.3 Å². The SMILES string of the molecule is CC[C@@H](Nc1ncnc2nc[nH]c12)c1cc2ncc(Cl)n2nc1-c1ccccc1. The highest BCUT2D eigenvalue weighted by atomic mass is 35.5. The van der Waals surface area contributed by atoms with Crippen molar-refractivity contribution < 1.29 is 0 Å². The molecular weight excluding hydrogens is 388 g/mol. The lowest BCUT2D eigenvalue weighted by Crippen LogP contribution is -2.14. The minimum atomic E-state index is -0.0559. The standard InChI is InChI=1S/C20H17ClN8/c1-2-14(27-20-18-19(24-10-23-18)25-11-26-20)13-8-16-22-9-15(21)29(16)28-17(13)12-6-4-3-5-7-12/h3-11,14H,2H2,1H3,(H2,23,24,25,26,27)/t14-/m1/s1. The Morgan fingerprint density at radius 2 is 2.00 bits per heavy atom. The van der Waals surface area contributed by atoms with Crippen LogP contribution in [-0.4, -0.2) is 34.5 Å². The molecule has 5 rings (SSSR count). The largest absolute Gasteiger partial charge is 0.361 e. The first kappa shape index (κ1) is 17.6. The van der Waals surface area contributed by atoms with Gasteiger partial charge in [-0.3, -0.25) is 0 Å². The Morgan fingerprint density at radius 3 is 2.83 bits per heavy atom. The van der Waals surface area contributed by atoms with Gasteiger partial charge in [-0.1, -0.05) is 48.9 Å². The summed E-state index contributed by atoms with van der Waals surface area (Å²) in [5, 5.41) is 8.79. The smallest absolute Gasteiger partial charge is 0.182 e. The summed E-state index contributed by atoms with van der Waals surface area (Å²) < 4.78 is 1.65. The lowest BCUT2D eigenvalue weighted by molar-refractivity contribution is 0.736.